The van der Waals surface area contributed by atoms with E-state index in [9.17, 15) is 13.2 Å². The number of likely N-dealkylation sites (N-methyl/N-ethyl adjacent to an activating group) is 1. The van der Waals surface area contributed by atoms with Crippen LogP contribution in [0.2, 0.25) is 0 Å². The number of nitrogens with one attached hydrogen (secondary N) is 2. The van der Waals surface area contributed by atoms with Crippen molar-refractivity contribution in [3.63, 3.8) is 0 Å². The minimum atomic E-state index is -3.34. The summed E-state index contributed by atoms with van der Waals surface area (Å²) in [6.07, 6.45) is 1.07. The van der Waals surface area contributed by atoms with E-state index >= 15 is 0 Å². The van der Waals surface area contributed by atoms with Crippen LogP contribution in [0.25, 0.3) is 0 Å². The Balaban J connectivity index is 1.88. The number of ether oxygens (including phenoxy) is 1. The van der Waals surface area contributed by atoms with Gasteiger partial charge in [-0.3, -0.25) is 9.52 Å². The van der Waals surface area contributed by atoms with Crippen molar-refractivity contribution in [1.82, 2.24) is 4.90 Å². The van der Waals surface area contributed by atoms with E-state index in [1.807, 2.05) is 12.1 Å². The lowest BCUT2D eigenvalue weighted by atomic mass is 10.2. The molecule has 8 heteroatoms. The van der Waals surface area contributed by atoms with Gasteiger partial charge < -0.3 is 15.0 Å². The first-order valence-electron chi connectivity index (χ1n) is 9.15. The smallest absolute Gasteiger partial charge is 0.255 e. The summed E-state index contributed by atoms with van der Waals surface area (Å²) in [5, 5.41) is 2.80. The van der Waals surface area contributed by atoms with E-state index < -0.39 is 10.0 Å². The van der Waals surface area contributed by atoms with E-state index in [0.29, 0.717) is 23.5 Å². The summed E-state index contributed by atoms with van der Waals surface area (Å²) in [6.45, 7) is 7.72. The summed E-state index contributed by atoms with van der Waals surface area (Å²) in [5.41, 5.74) is 1.49. The third-order valence-electron chi connectivity index (χ3n) is 4.13. The lowest BCUT2D eigenvalue weighted by Gasteiger charge is -2.18. The van der Waals surface area contributed by atoms with Gasteiger partial charge in [0.25, 0.3) is 5.91 Å². The summed E-state index contributed by atoms with van der Waals surface area (Å²) in [5.74, 6) is 0.475. The van der Waals surface area contributed by atoms with Gasteiger partial charge in [-0.2, -0.15) is 0 Å². The molecule has 28 heavy (non-hydrogen) atoms. The molecular formula is C20H27N3O4S. The Morgan fingerprint density at radius 1 is 0.964 bits per heavy atom. The number of sulfonamides is 1. The fourth-order valence-corrected chi connectivity index (χ4v) is 3.14. The van der Waals surface area contributed by atoms with Crippen molar-refractivity contribution in [2.75, 3.05) is 42.5 Å². The second-order valence-corrected chi connectivity index (χ2v) is 8.05. The molecule has 0 fully saturated rings. The molecule has 2 aromatic rings. The van der Waals surface area contributed by atoms with Crippen molar-refractivity contribution in [3.05, 3.63) is 54.1 Å². The monoisotopic (exact) mass is 405 g/mol. The third-order valence-corrected chi connectivity index (χ3v) is 4.74. The summed E-state index contributed by atoms with van der Waals surface area (Å²) >= 11 is 0. The van der Waals surface area contributed by atoms with E-state index in [2.05, 4.69) is 28.8 Å². The van der Waals surface area contributed by atoms with Crippen molar-refractivity contribution < 1.29 is 17.9 Å². The van der Waals surface area contributed by atoms with E-state index in [1.54, 1.807) is 36.4 Å². The first kappa shape index (κ1) is 21.7. The molecule has 2 rings (SSSR count). The molecule has 0 atom stereocenters. The fourth-order valence-electron chi connectivity index (χ4n) is 2.57. The minimum Gasteiger partial charge on any atom is -0.492 e. The Labute approximate surface area is 166 Å². The number of hydrogen-bond acceptors (Lipinski definition) is 5. The van der Waals surface area contributed by atoms with Gasteiger partial charge in [0.1, 0.15) is 12.4 Å². The van der Waals surface area contributed by atoms with Crippen LogP contribution in [-0.2, 0) is 10.0 Å². The molecule has 0 aromatic heterocycles. The SMILES string of the molecule is CCN(CC)CCOc1ccc(NC(=O)c2ccc(NS(C)(=O)=O)cc2)cc1. The fraction of sp³-hybridized carbons (Fsp3) is 0.350. The van der Waals surface area contributed by atoms with Gasteiger partial charge >= 0.3 is 0 Å². The topological polar surface area (TPSA) is 87.7 Å². The zero-order chi connectivity index (χ0) is 20.6. The Morgan fingerprint density at radius 3 is 2.07 bits per heavy atom. The van der Waals surface area contributed by atoms with Crippen LogP contribution < -0.4 is 14.8 Å². The molecule has 0 saturated heterocycles. The van der Waals surface area contributed by atoms with E-state index in [-0.39, 0.29) is 5.91 Å². The number of anilines is 2. The van der Waals surface area contributed by atoms with Crippen LogP contribution in [-0.4, -0.2) is 51.7 Å². The summed E-state index contributed by atoms with van der Waals surface area (Å²) in [7, 11) is -3.34. The first-order valence-corrected chi connectivity index (χ1v) is 11.0. The van der Waals surface area contributed by atoms with Gasteiger partial charge in [-0.15, -0.1) is 0 Å². The molecule has 1 amide bonds. The Morgan fingerprint density at radius 2 is 1.54 bits per heavy atom. The van der Waals surface area contributed by atoms with Crippen LogP contribution >= 0.6 is 0 Å². The maximum Gasteiger partial charge on any atom is 0.255 e. The minimum absolute atomic E-state index is 0.277. The molecule has 0 bridgehead atoms. The van der Waals surface area contributed by atoms with Crippen LogP contribution in [0.1, 0.15) is 24.2 Å². The van der Waals surface area contributed by atoms with Gasteiger partial charge in [-0.05, 0) is 61.6 Å². The van der Waals surface area contributed by atoms with Crippen molar-refractivity contribution in [3.8, 4) is 5.75 Å². The predicted octanol–water partition coefficient (Wildman–Crippen LogP) is 3.03. The zero-order valence-corrected chi connectivity index (χ0v) is 17.3. The molecule has 152 valence electrons. The maximum absolute atomic E-state index is 12.3. The number of benzene rings is 2. The maximum atomic E-state index is 12.3. The van der Waals surface area contributed by atoms with Gasteiger partial charge in [0.2, 0.25) is 10.0 Å². The van der Waals surface area contributed by atoms with E-state index in [4.69, 9.17) is 4.74 Å². The molecule has 2 N–H and O–H groups in total. The molecule has 0 aliphatic rings. The van der Waals surface area contributed by atoms with Crippen LogP contribution in [0.3, 0.4) is 0 Å². The molecule has 0 radical (unpaired) electrons. The van der Waals surface area contributed by atoms with Crippen molar-refractivity contribution in [2.45, 2.75) is 13.8 Å². The average Bonchev–Trinajstić information content (AvgIpc) is 2.66. The molecule has 0 unspecified atom stereocenters. The molecule has 2 aromatic carbocycles. The highest BCUT2D eigenvalue weighted by molar-refractivity contribution is 7.92. The second-order valence-electron chi connectivity index (χ2n) is 6.31. The Kier molecular flexibility index (Phi) is 7.83. The van der Waals surface area contributed by atoms with Crippen molar-refractivity contribution in [1.29, 1.82) is 0 Å². The molecular weight excluding hydrogens is 378 g/mol. The first-order chi connectivity index (χ1) is 13.3. The molecule has 0 aliphatic heterocycles. The quantitative estimate of drug-likeness (QED) is 0.634. The van der Waals surface area contributed by atoms with Crippen LogP contribution in [0.5, 0.6) is 5.75 Å². The normalized spacial score (nSPS) is 11.3. The van der Waals surface area contributed by atoms with Gasteiger partial charge in [0.05, 0.1) is 6.26 Å². The number of amides is 1. The lowest BCUT2D eigenvalue weighted by molar-refractivity contribution is 0.102. The Bertz CT molecular complexity index is 861. The number of hydrogen-bond donors (Lipinski definition) is 2. The molecule has 0 aliphatic carbocycles. The third kappa shape index (κ3) is 7.21. The summed E-state index contributed by atoms with van der Waals surface area (Å²) in [4.78, 5) is 14.6. The largest absolute Gasteiger partial charge is 0.492 e. The molecule has 0 saturated carbocycles. The zero-order valence-electron chi connectivity index (χ0n) is 16.4. The standard InChI is InChI=1S/C20H27N3O4S/c1-4-23(5-2)14-15-27-19-12-10-17(11-13-19)21-20(24)16-6-8-18(9-7-16)22-28(3,25)26/h6-13,22H,4-5,14-15H2,1-3H3,(H,21,24). The van der Waals surface area contributed by atoms with E-state index in [1.165, 1.54) is 0 Å². The Hall–Kier alpha value is -2.58. The van der Waals surface area contributed by atoms with Crippen molar-refractivity contribution in [2.24, 2.45) is 0 Å². The average molecular weight is 406 g/mol. The number of carbonyl (C=O) groups excluding carboxylic acids is 1. The van der Waals surface area contributed by atoms with E-state index in [0.717, 1.165) is 31.6 Å². The second kappa shape index (κ2) is 10.1. The van der Waals surface area contributed by atoms with Crippen LogP contribution in [0, 0.1) is 0 Å². The molecule has 7 nitrogen and oxygen atoms in total. The molecule has 0 heterocycles. The summed E-state index contributed by atoms with van der Waals surface area (Å²) in [6, 6.07) is 13.4. The van der Waals surface area contributed by atoms with Gasteiger partial charge in [0.15, 0.2) is 0 Å². The number of rotatable bonds is 10. The predicted molar refractivity (Wildman–Crippen MR) is 113 cm³/mol. The highest BCUT2D eigenvalue weighted by atomic mass is 32.2. The van der Waals surface area contributed by atoms with Crippen LogP contribution in [0.4, 0.5) is 11.4 Å². The number of carbonyl (C=O) groups is 1. The number of nitrogens with zero attached hydrogens (tertiary/aromatic N) is 1. The van der Waals surface area contributed by atoms with Crippen LogP contribution in [0.15, 0.2) is 48.5 Å². The molecule has 0 spiro atoms. The van der Waals surface area contributed by atoms with Gasteiger partial charge in [-0.25, -0.2) is 8.42 Å². The highest BCUT2D eigenvalue weighted by Crippen LogP contribution is 2.17. The lowest BCUT2D eigenvalue weighted by Crippen LogP contribution is -2.27. The highest BCUT2D eigenvalue weighted by Gasteiger charge is 2.08. The van der Waals surface area contributed by atoms with Gasteiger partial charge in [0, 0.05) is 23.5 Å². The summed E-state index contributed by atoms with van der Waals surface area (Å²) < 4.78 is 30.5. The van der Waals surface area contributed by atoms with Gasteiger partial charge in [-0.1, -0.05) is 13.8 Å². The van der Waals surface area contributed by atoms with Crippen molar-refractivity contribution >= 4 is 27.3 Å².